The van der Waals surface area contributed by atoms with E-state index in [9.17, 15) is 0 Å². The van der Waals surface area contributed by atoms with Crippen molar-refractivity contribution in [3.05, 3.63) is 114 Å². The van der Waals surface area contributed by atoms with Crippen LogP contribution in [-0.4, -0.2) is 9.55 Å². The van der Waals surface area contributed by atoms with Gasteiger partial charge in [0.05, 0.1) is 11.6 Å². The van der Waals surface area contributed by atoms with Gasteiger partial charge in [-0.25, -0.2) is 0 Å². The van der Waals surface area contributed by atoms with Gasteiger partial charge in [-0.1, -0.05) is 72.8 Å². The Morgan fingerprint density at radius 2 is 1.66 bits per heavy atom. The zero-order valence-corrected chi connectivity index (χ0v) is 19.6. The van der Waals surface area contributed by atoms with E-state index in [1.165, 1.54) is 60.6 Å². The Hall–Kier alpha value is -4.37. The first-order valence-electron chi connectivity index (χ1n) is 12.1. The van der Waals surface area contributed by atoms with Crippen molar-refractivity contribution in [1.29, 1.82) is 0 Å². The van der Waals surface area contributed by atoms with Gasteiger partial charge in [-0.3, -0.25) is 4.98 Å². The first kappa shape index (κ1) is 20.0. The molecule has 1 atom stereocenters. The number of pyridine rings is 1. The van der Waals surface area contributed by atoms with E-state index in [4.69, 9.17) is 5.73 Å². The van der Waals surface area contributed by atoms with Gasteiger partial charge in [0.25, 0.3) is 0 Å². The number of hydrogen-bond donors (Lipinski definition) is 1. The van der Waals surface area contributed by atoms with Gasteiger partial charge >= 0.3 is 0 Å². The molecule has 3 nitrogen and oxygen atoms in total. The van der Waals surface area contributed by atoms with Gasteiger partial charge in [0, 0.05) is 23.5 Å². The van der Waals surface area contributed by atoms with Crippen LogP contribution in [-0.2, 0) is 0 Å². The van der Waals surface area contributed by atoms with E-state index in [-0.39, 0.29) is 6.04 Å². The van der Waals surface area contributed by atoms with Gasteiger partial charge in [-0.05, 0) is 81.4 Å². The lowest BCUT2D eigenvalue weighted by atomic mass is 9.91. The lowest BCUT2D eigenvalue weighted by Crippen LogP contribution is -2.10. The molecule has 0 spiro atoms. The van der Waals surface area contributed by atoms with Crippen LogP contribution >= 0.6 is 0 Å². The first-order valence-corrected chi connectivity index (χ1v) is 12.1. The van der Waals surface area contributed by atoms with Crippen molar-refractivity contribution in [2.45, 2.75) is 19.4 Å². The predicted molar refractivity (Wildman–Crippen MR) is 147 cm³/mol. The van der Waals surface area contributed by atoms with Crippen LogP contribution in [0.15, 0.2) is 97.5 Å². The monoisotopic (exact) mass is 451 g/mol. The molecule has 2 aliphatic rings. The van der Waals surface area contributed by atoms with E-state index >= 15 is 0 Å². The van der Waals surface area contributed by atoms with Crippen LogP contribution in [0, 0.1) is 6.92 Å². The molecule has 35 heavy (non-hydrogen) atoms. The summed E-state index contributed by atoms with van der Waals surface area (Å²) in [6, 6.07) is 22.4. The van der Waals surface area contributed by atoms with Crippen molar-refractivity contribution < 1.29 is 0 Å². The minimum atomic E-state index is 0.226. The molecule has 0 aliphatic heterocycles. The summed E-state index contributed by atoms with van der Waals surface area (Å²) in [5, 5.41) is 3.87. The second-order valence-corrected chi connectivity index (χ2v) is 9.39. The number of hydrogen-bond acceptors (Lipinski definition) is 2. The van der Waals surface area contributed by atoms with Crippen LogP contribution in [0.1, 0.15) is 29.3 Å². The third-order valence-corrected chi connectivity index (χ3v) is 7.63. The maximum absolute atomic E-state index is 5.82. The maximum Gasteiger partial charge on any atom is 0.0560 e. The van der Waals surface area contributed by atoms with Crippen LogP contribution in [0.4, 0.5) is 0 Å². The summed E-state index contributed by atoms with van der Waals surface area (Å²) in [6.07, 6.45) is 15.4. The zero-order chi connectivity index (χ0) is 23.5. The highest BCUT2D eigenvalue weighted by Crippen LogP contribution is 2.48. The minimum absolute atomic E-state index is 0.226. The van der Waals surface area contributed by atoms with Crippen LogP contribution in [0.3, 0.4) is 0 Å². The van der Waals surface area contributed by atoms with Crippen molar-refractivity contribution in [2.24, 2.45) is 5.73 Å². The van der Waals surface area contributed by atoms with Crippen molar-refractivity contribution in [3.8, 4) is 22.3 Å². The molecule has 3 heteroatoms. The van der Waals surface area contributed by atoms with Crippen LogP contribution in [0.2, 0.25) is 0 Å². The summed E-state index contributed by atoms with van der Waals surface area (Å²) in [7, 11) is 0. The maximum atomic E-state index is 5.82. The number of benzene rings is 3. The van der Waals surface area contributed by atoms with Crippen LogP contribution in [0.25, 0.3) is 55.6 Å². The first-order chi connectivity index (χ1) is 17.3. The van der Waals surface area contributed by atoms with E-state index < -0.39 is 0 Å². The Balaban J connectivity index is 1.32. The van der Waals surface area contributed by atoms with Crippen molar-refractivity contribution >= 4 is 33.3 Å². The zero-order valence-electron chi connectivity index (χ0n) is 19.6. The highest BCUT2D eigenvalue weighted by Gasteiger charge is 2.24. The topological polar surface area (TPSA) is 43.8 Å². The quantitative estimate of drug-likeness (QED) is 0.300. The summed E-state index contributed by atoms with van der Waals surface area (Å²) >= 11 is 0. The number of aryl methyl sites for hydroxylation is 1. The fourth-order valence-corrected chi connectivity index (χ4v) is 6.05. The second-order valence-electron chi connectivity index (χ2n) is 9.39. The minimum Gasteiger partial charge on any atom is -0.405 e. The molecule has 7 rings (SSSR count). The molecule has 0 saturated carbocycles. The fraction of sp³-hybridized carbons (Fsp3) is 0.0938. The Labute approximate surface area is 204 Å². The Bertz CT molecular complexity index is 1720. The van der Waals surface area contributed by atoms with E-state index in [0.29, 0.717) is 0 Å². The molecule has 0 amide bonds. The largest absolute Gasteiger partial charge is 0.405 e. The third kappa shape index (κ3) is 2.82. The third-order valence-electron chi connectivity index (χ3n) is 7.63. The molecule has 5 aromatic rings. The van der Waals surface area contributed by atoms with Crippen molar-refractivity contribution in [3.63, 3.8) is 0 Å². The summed E-state index contributed by atoms with van der Waals surface area (Å²) in [4.78, 5) is 4.35. The van der Waals surface area contributed by atoms with E-state index in [1.807, 2.05) is 18.5 Å². The molecule has 2 N–H and O–H groups in total. The molecule has 1 unspecified atom stereocenters. The molecule has 2 heterocycles. The number of aromatic nitrogens is 2. The van der Waals surface area contributed by atoms with Gasteiger partial charge in [-0.15, -0.1) is 0 Å². The molecule has 0 radical (unpaired) electrons. The lowest BCUT2D eigenvalue weighted by molar-refractivity contribution is 0.625. The smallest absolute Gasteiger partial charge is 0.0560 e. The van der Waals surface area contributed by atoms with Gasteiger partial charge in [-0.2, -0.15) is 0 Å². The average Bonchev–Trinajstić information content (AvgIpc) is 3.39. The van der Waals surface area contributed by atoms with Gasteiger partial charge in [0.15, 0.2) is 0 Å². The van der Waals surface area contributed by atoms with Crippen LogP contribution < -0.4 is 5.73 Å². The van der Waals surface area contributed by atoms with Gasteiger partial charge in [0.1, 0.15) is 0 Å². The summed E-state index contributed by atoms with van der Waals surface area (Å²) in [6.45, 7) is 2.15. The summed E-state index contributed by atoms with van der Waals surface area (Å²) in [5.41, 5.74) is 17.3. The molecule has 2 aromatic heterocycles. The molecular formula is C32H25N3. The Kier molecular flexibility index (Phi) is 4.34. The molecule has 2 aliphatic carbocycles. The molecule has 0 saturated heterocycles. The van der Waals surface area contributed by atoms with Crippen LogP contribution in [0.5, 0.6) is 0 Å². The SMILES string of the molecule is Cc1c(/C=C\N)n(C2C=CC(c3ccc4c5c(cccc35)-c3ccccc3-4)=CC2)c2ccncc12. The number of fused-ring (bicyclic) bond motifs is 4. The summed E-state index contributed by atoms with van der Waals surface area (Å²) in [5.74, 6) is 0. The molecule has 3 aromatic carbocycles. The summed E-state index contributed by atoms with van der Waals surface area (Å²) < 4.78 is 2.39. The normalized spacial score (nSPS) is 16.4. The average molecular weight is 452 g/mol. The Morgan fingerprint density at radius 1 is 0.886 bits per heavy atom. The molecular weight excluding hydrogens is 426 g/mol. The predicted octanol–water partition coefficient (Wildman–Crippen LogP) is 7.66. The fourth-order valence-electron chi connectivity index (χ4n) is 6.05. The van der Waals surface area contributed by atoms with E-state index in [0.717, 1.165) is 12.1 Å². The molecule has 0 fully saturated rings. The van der Waals surface area contributed by atoms with Crippen molar-refractivity contribution in [2.75, 3.05) is 0 Å². The molecule has 0 bridgehead atoms. The lowest BCUT2D eigenvalue weighted by Gasteiger charge is -2.22. The standard InChI is InChI=1S/C32H25N3/c1-20-29-19-34-18-16-31(29)35(30(20)15-17-33)22-11-9-21(10-12-22)23-13-14-28-25-6-3-2-5-24(25)27-8-4-7-26(23)32(27)28/h2-11,13-19,22H,12,33H2,1H3/b17-15-. The van der Waals surface area contributed by atoms with Crippen molar-refractivity contribution in [1.82, 2.24) is 9.55 Å². The highest BCUT2D eigenvalue weighted by molar-refractivity contribution is 6.17. The second kappa shape index (κ2) is 7.57. The van der Waals surface area contributed by atoms with Gasteiger partial charge < -0.3 is 10.3 Å². The Morgan fingerprint density at radius 3 is 2.43 bits per heavy atom. The number of rotatable bonds is 3. The number of nitrogens with zero attached hydrogens (tertiary/aromatic N) is 2. The highest BCUT2D eigenvalue weighted by atomic mass is 15.0. The number of nitrogens with two attached hydrogens (primary N) is 1. The van der Waals surface area contributed by atoms with E-state index in [2.05, 4.69) is 95.4 Å². The van der Waals surface area contributed by atoms with E-state index in [1.54, 1.807) is 6.20 Å². The molecule has 168 valence electrons. The van der Waals surface area contributed by atoms with Gasteiger partial charge in [0.2, 0.25) is 0 Å². The number of allylic oxidation sites excluding steroid dienone is 4.